The number of rotatable bonds is 3. The van der Waals surface area contributed by atoms with Gasteiger partial charge in [0.1, 0.15) is 0 Å². The molecule has 1 atom stereocenters. The number of hydrogen-bond acceptors (Lipinski definition) is 2. The third kappa shape index (κ3) is 2.31. The van der Waals surface area contributed by atoms with E-state index in [9.17, 15) is 0 Å². The van der Waals surface area contributed by atoms with Crippen LogP contribution in [0, 0.1) is 12.8 Å². The highest BCUT2D eigenvalue weighted by molar-refractivity contribution is 5.17. The molecule has 3 nitrogen and oxygen atoms in total. The fraction of sp³-hybridized carbons (Fsp3) is 0.700. The van der Waals surface area contributed by atoms with Gasteiger partial charge in [-0.05, 0) is 24.8 Å². The van der Waals surface area contributed by atoms with E-state index in [4.69, 9.17) is 5.73 Å². The van der Waals surface area contributed by atoms with Gasteiger partial charge < -0.3 is 5.73 Å². The van der Waals surface area contributed by atoms with Crippen LogP contribution in [-0.2, 0) is 13.5 Å². The lowest BCUT2D eigenvalue weighted by molar-refractivity contribution is 0.489. The van der Waals surface area contributed by atoms with E-state index in [0.717, 1.165) is 6.42 Å². The average molecular weight is 181 g/mol. The first-order valence-electron chi connectivity index (χ1n) is 4.75. The molecule has 0 amide bonds. The fourth-order valence-corrected chi connectivity index (χ4v) is 1.23. The number of hydrogen-bond donors (Lipinski definition) is 1. The summed E-state index contributed by atoms with van der Waals surface area (Å²) in [5, 5.41) is 4.19. The molecule has 0 aliphatic rings. The van der Waals surface area contributed by atoms with Crippen LogP contribution in [0.4, 0.5) is 0 Å². The second-order valence-corrected chi connectivity index (χ2v) is 3.99. The molecule has 1 rings (SSSR count). The van der Waals surface area contributed by atoms with Crippen LogP contribution in [0.5, 0.6) is 0 Å². The molecule has 0 saturated carbocycles. The molecule has 1 aromatic rings. The first-order valence-corrected chi connectivity index (χ1v) is 4.75. The van der Waals surface area contributed by atoms with Crippen molar-refractivity contribution >= 4 is 0 Å². The summed E-state index contributed by atoms with van der Waals surface area (Å²) in [6.07, 6.45) is 2.84. The maximum absolute atomic E-state index is 5.99. The highest BCUT2D eigenvalue weighted by Gasteiger charge is 2.11. The highest BCUT2D eigenvalue weighted by Crippen LogP contribution is 2.11. The van der Waals surface area contributed by atoms with Crippen LogP contribution in [0.25, 0.3) is 0 Å². The van der Waals surface area contributed by atoms with Gasteiger partial charge in [0.25, 0.3) is 0 Å². The van der Waals surface area contributed by atoms with Crippen molar-refractivity contribution in [3.63, 3.8) is 0 Å². The molecule has 3 heteroatoms. The third-order valence-corrected chi connectivity index (χ3v) is 2.65. The quantitative estimate of drug-likeness (QED) is 0.762. The lowest BCUT2D eigenvalue weighted by atomic mass is 9.98. The zero-order valence-corrected chi connectivity index (χ0v) is 8.91. The molecule has 0 aliphatic carbocycles. The molecule has 1 aromatic heterocycles. The lowest BCUT2D eigenvalue weighted by Crippen LogP contribution is -2.28. The summed E-state index contributed by atoms with van der Waals surface area (Å²) in [5.41, 5.74) is 8.48. The van der Waals surface area contributed by atoms with Gasteiger partial charge in [-0.2, -0.15) is 5.10 Å². The first kappa shape index (κ1) is 10.3. The molecule has 13 heavy (non-hydrogen) atoms. The minimum atomic E-state index is 0.239. The van der Waals surface area contributed by atoms with Crippen molar-refractivity contribution in [3.8, 4) is 0 Å². The molecule has 0 aliphatic heterocycles. The Hall–Kier alpha value is -0.830. The monoisotopic (exact) mass is 181 g/mol. The van der Waals surface area contributed by atoms with Gasteiger partial charge in [0.2, 0.25) is 0 Å². The van der Waals surface area contributed by atoms with E-state index < -0.39 is 0 Å². The average Bonchev–Trinajstić information content (AvgIpc) is 2.36. The van der Waals surface area contributed by atoms with Crippen LogP contribution in [-0.4, -0.2) is 15.8 Å². The van der Waals surface area contributed by atoms with Gasteiger partial charge in [0.05, 0.1) is 6.20 Å². The minimum absolute atomic E-state index is 0.239. The van der Waals surface area contributed by atoms with E-state index in [-0.39, 0.29) is 6.04 Å². The smallest absolute Gasteiger partial charge is 0.0525 e. The highest BCUT2D eigenvalue weighted by atomic mass is 15.3. The van der Waals surface area contributed by atoms with Gasteiger partial charge in [-0.1, -0.05) is 13.8 Å². The summed E-state index contributed by atoms with van der Waals surface area (Å²) < 4.78 is 1.89. The maximum Gasteiger partial charge on any atom is 0.0525 e. The Balaban J connectivity index is 2.69. The molecule has 0 spiro atoms. The van der Waals surface area contributed by atoms with Gasteiger partial charge in [-0.25, -0.2) is 0 Å². The van der Waals surface area contributed by atoms with Crippen molar-refractivity contribution in [2.45, 2.75) is 33.2 Å². The molecule has 74 valence electrons. The second kappa shape index (κ2) is 3.92. The lowest BCUT2D eigenvalue weighted by Gasteiger charge is -2.14. The van der Waals surface area contributed by atoms with Crippen molar-refractivity contribution < 1.29 is 0 Å². The van der Waals surface area contributed by atoms with Crippen molar-refractivity contribution in [2.75, 3.05) is 0 Å². The van der Waals surface area contributed by atoms with Crippen LogP contribution >= 0.6 is 0 Å². The summed E-state index contributed by atoms with van der Waals surface area (Å²) in [5.74, 6) is 0.527. The molecular weight excluding hydrogens is 162 g/mol. The zero-order chi connectivity index (χ0) is 10.0. The summed E-state index contributed by atoms with van der Waals surface area (Å²) in [6, 6.07) is 0.239. The summed E-state index contributed by atoms with van der Waals surface area (Å²) in [7, 11) is 1.96. The predicted octanol–water partition coefficient (Wildman–Crippen LogP) is 1.25. The Labute approximate surface area is 79.9 Å². The van der Waals surface area contributed by atoms with Crippen LogP contribution < -0.4 is 5.73 Å². The van der Waals surface area contributed by atoms with Crippen molar-refractivity contribution in [1.29, 1.82) is 0 Å². The Kier molecular flexibility index (Phi) is 3.09. The molecule has 0 saturated heterocycles. The Morgan fingerprint density at radius 2 is 2.15 bits per heavy atom. The van der Waals surface area contributed by atoms with E-state index in [2.05, 4.69) is 25.9 Å². The van der Waals surface area contributed by atoms with Gasteiger partial charge in [-0.15, -0.1) is 0 Å². The van der Waals surface area contributed by atoms with E-state index in [1.54, 1.807) is 0 Å². The Bertz CT molecular complexity index is 276. The Morgan fingerprint density at radius 1 is 1.54 bits per heavy atom. The van der Waals surface area contributed by atoms with E-state index >= 15 is 0 Å². The van der Waals surface area contributed by atoms with Gasteiger partial charge >= 0.3 is 0 Å². The molecule has 0 aromatic carbocycles. The molecule has 0 bridgehead atoms. The fourth-order valence-electron chi connectivity index (χ4n) is 1.23. The molecule has 0 fully saturated rings. The largest absolute Gasteiger partial charge is 0.327 e. The second-order valence-electron chi connectivity index (χ2n) is 3.99. The summed E-state index contributed by atoms with van der Waals surface area (Å²) in [4.78, 5) is 0. The SMILES string of the molecule is Cc1c(CC(N)C(C)C)cnn1C. The molecule has 2 N–H and O–H groups in total. The van der Waals surface area contributed by atoms with Crippen LogP contribution in [0.15, 0.2) is 6.20 Å². The molecule has 1 heterocycles. The van der Waals surface area contributed by atoms with Crippen molar-refractivity contribution in [2.24, 2.45) is 18.7 Å². The number of nitrogens with two attached hydrogens (primary N) is 1. The summed E-state index contributed by atoms with van der Waals surface area (Å²) >= 11 is 0. The number of aryl methyl sites for hydroxylation is 1. The standard InChI is InChI=1S/C10H19N3/c1-7(2)10(11)5-9-6-12-13(4)8(9)3/h6-7,10H,5,11H2,1-4H3. The van der Waals surface area contributed by atoms with E-state index in [1.165, 1.54) is 11.3 Å². The van der Waals surface area contributed by atoms with Crippen LogP contribution in [0.3, 0.4) is 0 Å². The third-order valence-electron chi connectivity index (χ3n) is 2.65. The van der Waals surface area contributed by atoms with Gasteiger partial charge in [0, 0.05) is 18.8 Å². The zero-order valence-electron chi connectivity index (χ0n) is 8.91. The van der Waals surface area contributed by atoms with E-state index in [1.807, 2.05) is 17.9 Å². The van der Waals surface area contributed by atoms with Gasteiger partial charge in [0.15, 0.2) is 0 Å². The van der Waals surface area contributed by atoms with E-state index in [0.29, 0.717) is 5.92 Å². The van der Waals surface area contributed by atoms with Crippen molar-refractivity contribution in [1.82, 2.24) is 9.78 Å². The minimum Gasteiger partial charge on any atom is -0.327 e. The van der Waals surface area contributed by atoms with Crippen LogP contribution in [0.1, 0.15) is 25.1 Å². The van der Waals surface area contributed by atoms with Crippen molar-refractivity contribution in [3.05, 3.63) is 17.5 Å². The Morgan fingerprint density at radius 3 is 2.54 bits per heavy atom. The molecule has 1 unspecified atom stereocenters. The first-order chi connectivity index (χ1) is 6.02. The van der Waals surface area contributed by atoms with Crippen LogP contribution in [0.2, 0.25) is 0 Å². The molecule has 0 radical (unpaired) electrons. The van der Waals surface area contributed by atoms with Gasteiger partial charge in [-0.3, -0.25) is 4.68 Å². The normalized spacial score (nSPS) is 13.7. The number of nitrogens with zero attached hydrogens (tertiary/aromatic N) is 2. The molecular formula is C10H19N3. The predicted molar refractivity (Wildman–Crippen MR) is 54.5 cm³/mol. The topological polar surface area (TPSA) is 43.8 Å². The number of aromatic nitrogens is 2. The summed E-state index contributed by atoms with van der Waals surface area (Å²) in [6.45, 7) is 6.38. The maximum atomic E-state index is 5.99.